The summed E-state index contributed by atoms with van der Waals surface area (Å²) in [7, 11) is 4.71. The number of halogens is 2. The van der Waals surface area contributed by atoms with Crippen LogP contribution in [-0.2, 0) is 47.5 Å². The van der Waals surface area contributed by atoms with Gasteiger partial charge in [-0.1, -0.05) is 48.4 Å². The lowest BCUT2D eigenvalue weighted by molar-refractivity contribution is -0.312. The van der Waals surface area contributed by atoms with Crippen LogP contribution in [0.25, 0.3) is 0 Å². The van der Waals surface area contributed by atoms with E-state index in [1.807, 2.05) is 13.8 Å². The quantitative estimate of drug-likeness (QED) is 0.194. The standard InChI is InChI=1S/C34H48Cl2O10/c1-6-19-8-7-9-20(40-3)14-27(37)26-15-24-22(25(26)16-28(38)44-19)11-10-18-12-21(13-23(18)24)45-34-31(46-33(39)32(35)36)30(42-5)29(41-4)17(2)43-34/h10-11,15,17-25,29-32,34H,6-9,12-14,16H2,1-5H3/t17-,18?,19?,20?,21?,22?,23?,24?,25?,29+,30-,31-,34+/m1/s1. The zero-order valence-corrected chi connectivity index (χ0v) is 28.8. The first-order valence-corrected chi connectivity index (χ1v) is 17.5. The van der Waals surface area contributed by atoms with Crippen LogP contribution in [-0.4, -0.2) is 92.9 Å². The molecule has 5 aliphatic rings. The third-order valence-electron chi connectivity index (χ3n) is 10.7. The van der Waals surface area contributed by atoms with Crippen molar-refractivity contribution in [3.63, 3.8) is 0 Å². The van der Waals surface area contributed by atoms with E-state index in [0.29, 0.717) is 12.8 Å². The van der Waals surface area contributed by atoms with Crippen LogP contribution in [0.1, 0.15) is 65.2 Å². The molecule has 0 amide bonds. The molecule has 0 aromatic heterocycles. The van der Waals surface area contributed by atoms with Gasteiger partial charge in [0.1, 0.15) is 18.3 Å². The number of alkyl halides is 2. The minimum atomic E-state index is -1.38. The van der Waals surface area contributed by atoms with E-state index >= 15 is 0 Å². The number of esters is 2. The molecule has 1 saturated carbocycles. The molecule has 2 saturated heterocycles. The fraction of sp³-hybridized carbons (Fsp3) is 0.794. The van der Waals surface area contributed by atoms with E-state index in [4.69, 9.17) is 56.4 Å². The first-order valence-electron chi connectivity index (χ1n) is 16.6. The first-order chi connectivity index (χ1) is 22.1. The number of ether oxygens (including phenoxy) is 7. The van der Waals surface area contributed by atoms with Gasteiger partial charge in [-0.05, 0) is 74.7 Å². The van der Waals surface area contributed by atoms with Crippen molar-refractivity contribution in [3.8, 4) is 0 Å². The van der Waals surface area contributed by atoms with Crippen LogP contribution in [0.3, 0.4) is 0 Å². The van der Waals surface area contributed by atoms with E-state index in [0.717, 1.165) is 37.7 Å². The first kappa shape index (κ1) is 35.8. The molecule has 0 spiro atoms. The molecule has 3 aliphatic carbocycles. The van der Waals surface area contributed by atoms with Crippen LogP contribution in [0.5, 0.6) is 0 Å². The largest absolute Gasteiger partial charge is 0.462 e. The maximum absolute atomic E-state index is 13.7. The third kappa shape index (κ3) is 7.69. The monoisotopic (exact) mass is 686 g/mol. The molecule has 2 heterocycles. The number of carbonyl (C=O) groups is 3. The van der Waals surface area contributed by atoms with E-state index in [2.05, 4.69) is 18.2 Å². The lowest BCUT2D eigenvalue weighted by atomic mass is 9.70. The Bertz CT molecular complexity index is 1160. The number of cyclic esters (lactones) is 1. The van der Waals surface area contributed by atoms with Crippen molar-refractivity contribution in [2.75, 3.05) is 21.3 Å². The SMILES string of the molecule is CCC1CCCC(OC)CC(=O)C2=CC3C(C=CC4CC(O[C@@H]5O[C@H](C)[C@H](OC)[C@@H](OC)[C@H]5OC(=O)C(Cl)Cl)CC43)C2CC(=O)O1. The lowest BCUT2D eigenvalue weighted by Gasteiger charge is -2.44. The van der Waals surface area contributed by atoms with Gasteiger partial charge < -0.3 is 33.2 Å². The smallest absolute Gasteiger partial charge is 0.340 e. The van der Waals surface area contributed by atoms with Gasteiger partial charge >= 0.3 is 11.9 Å². The third-order valence-corrected chi connectivity index (χ3v) is 11.0. The van der Waals surface area contributed by atoms with Gasteiger partial charge in [-0.25, -0.2) is 4.79 Å². The minimum Gasteiger partial charge on any atom is -0.462 e. The normalized spacial score (nSPS) is 41.5. The lowest BCUT2D eigenvalue weighted by Crippen LogP contribution is -2.60. The van der Waals surface area contributed by atoms with E-state index in [-0.39, 0.29) is 66.1 Å². The maximum atomic E-state index is 13.7. The van der Waals surface area contributed by atoms with Crippen molar-refractivity contribution in [1.29, 1.82) is 0 Å². The molecule has 0 bridgehead atoms. The second kappa shape index (κ2) is 15.8. The van der Waals surface area contributed by atoms with Gasteiger partial charge in [0.2, 0.25) is 4.84 Å². The predicted octanol–water partition coefficient (Wildman–Crippen LogP) is 5.12. The molecule has 13 atom stereocenters. The Morgan fingerprint density at radius 1 is 0.957 bits per heavy atom. The number of fused-ring (bicyclic) bond motifs is 5. The van der Waals surface area contributed by atoms with Gasteiger partial charge in [-0.15, -0.1) is 0 Å². The van der Waals surface area contributed by atoms with Crippen molar-refractivity contribution in [2.24, 2.45) is 29.6 Å². The highest BCUT2D eigenvalue weighted by Crippen LogP contribution is 2.54. The molecule has 3 fully saturated rings. The predicted molar refractivity (Wildman–Crippen MR) is 169 cm³/mol. The fourth-order valence-electron chi connectivity index (χ4n) is 8.37. The van der Waals surface area contributed by atoms with Crippen LogP contribution in [0.4, 0.5) is 0 Å². The van der Waals surface area contributed by atoms with Crippen LogP contribution < -0.4 is 0 Å². The van der Waals surface area contributed by atoms with Gasteiger partial charge in [0.15, 0.2) is 18.2 Å². The van der Waals surface area contributed by atoms with E-state index in [9.17, 15) is 14.4 Å². The number of ketones is 1. The van der Waals surface area contributed by atoms with Gasteiger partial charge in [-0.3, -0.25) is 9.59 Å². The Morgan fingerprint density at radius 2 is 1.72 bits per heavy atom. The van der Waals surface area contributed by atoms with Gasteiger partial charge in [0.05, 0.1) is 24.7 Å². The number of allylic oxidation sites excluding steroid dienone is 4. The Morgan fingerprint density at radius 3 is 2.39 bits per heavy atom. The molecular formula is C34H48Cl2O10. The summed E-state index contributed by atoms with van der Waals surface area (Å²) in [6.45, 7) is 3.89. The second-order valence-electron chi connectivity index (χ2n) is 13.3. The minimum absolute atomic E-state index is 0.0138. The molecule has 46 heavy (non-hydrogen) atoms. The highest BCUT2D eigenvalue weighted by molar-refractivity contribution is 6.52. The van der Waals surface area contributed by atoms with Crippen LogP contribution >= 0.6 is 23.2 Å². The number of rotatable bonds is 8. The van der Waals surface area contributed by atoms with Crippen LogP contribution in [0.2, 0.25) is 0 Å². The Labute approximate surface area is 281 Å². The summed E-state index contributed by atoms with van der Waals surface area (Å²) in [5.41, 5.74) is 0.721. The number of methoxy groups -OCH3 is 3. The summed E-state index contributed by atoms with van der Waals surface area (Å²) >= 11 is 11.6. The van der Waals surface area contributed by atoms with Crippen molar-refractivity contribution < 1.29 is 47.5 Å². The highest BCUT2D eigenvalue weighted by atomic mass is 35.5. The average Bonchev–Trinajstić information content (AvgIpc) is 3.61. The average molecular weight is 688 g/mol. The van der Waals surface area contributed by atoms with Gasteiger partial charge in [0, 0.05) is 33.7 Å². The molecule has 12 heteroatoms. The molecule has 0 N–H and O–H groups in total. The number of Topliss-reactive ketones (excluding diaryl/α,β-unsaturated/α-hetero) is 1. The number of hydrogen-bond acceptors (Lipinski definition) is 10. The molecule has 0 aromatic rings. The fourth-order valence-corrected chi connectivity index (χ4v) is 8.47. The van der Waals surface area contributed by atoms with E-state index < -0.39 is 41.5 Å². The summed E-state index contributed by atoms with van der Waals surface area (Å²) in [6.07, 6.45) is 7.54. The topological polar surface area (TPSA) is 116 Å². The molecule has 2 aliphatic heterocycles. The zero-order chi connectivity index (χ0) is 33.1. The molecule has 10 nitrogen and oxygen atoms in total. The van der Waals surface area contributed by atoms with E-state index in [1.54, 1.807) is 14.2 Å². The Hall–Kier alpha value is -1.53. The summed E-state index contributed by atoms with van der Waals surface area (Å²) in [6, 6.07) is 0. The van der Waals surface area contributed by atoms with Crippen molar-refractivity contribution in [1.82, 2.24) is 0 Å². The molecule has 0 radical (unpaired) electrons. The van der Waals surface area contributed by atoms with E-state index in [1.165, 1.54) is 7.11 Å². The van der Waals surface area contributed by atoms with Crippen molar-refractivity contribution >= 4 is 40.9 Å². The Balaban J connectivity index is 1.34. The number of hydrogen-bond donors (Lipinski definition) is 0. The van der Waals surface area contributed by atoms with Crippen molar-refractivity contribution in [3.05, 3.63) is 23.8 Å². The summed E-state index contributed by atoms with van der Waals surface area (Å²) in [5.74, 6) is -0.760. The van der Waals surface area contributed by atoms with Gasteiger partial charge in [-0.2, -0.15) is 0 Å². The zero-order valence-electron chi connectivity index (χ0n) is 27.3. The summed E-state index contributed by atoms with van der Waals surface area (Å²) in [5, 5.41) is 0. The molecule has 8 unspecified atom stereocenters. The van der Waals surface area contributed by atoms with Gasteiger partial charge in [0.25, 0.3) is 0 Å². The molecule has 258 valence electrons. The molecule has 0 aromatic carbocycles. The number of carbonyl (C=O) groups excluding carboxylic acids is 3. The second-order valence-corrected chi connectivity index (χ2v) is 14.4. The Kier molecular flexibility index (Phi) is 12.3. The maximum Gasteiger partial charge on any atom is 0.340 e. The van der Waals surface area contributed by atoms with Crippen LogP contribution in [0, 0.1) is 29.6 Å². The molecule has 5 rings (SSSR count). The van der Waals surface area contributed by atoms with Crippen LogP contribution in [0.15, 0.2) is 23.8 Å². The summed E-state index contributed by atoms with van der Waals surface area (Å²) in [4.78, 5) is 38.0. The summed E-state index contributed by atoms with van der Waals surface area (Å²) < 4.78 is 41.3. The van der Waals surface area contributed by atoms with Crippen molar-refractivity contribution in [2.45, 2.75) is 119 Å². The highest BCUT2D eigenvalue weighted by Gasteiger charge is 2.53. The molecular weight excluding hydrogens is 639 g/mol.